The van der Waals surface area contributed by atoms with Crippen LogP contribution < -0.4 is 10.6 Å². The number of aromatic amines is 1. The molecule has 1 aromatic rings. The van der Waals surface area contributed by atoms with E-state index in [2.05, 4.69) is 20.8 Å². The van der Waals surface area contributed by atoms with E-state index in [1.165, 1.54) is 11.3 Å². The van der Waals surface area contributed by atoms with Crippen LogP contribution in [0.5, 0.6) is 0 Å². The number of carbonyl (C=O) groups excluding carboxylic acids is 1. The summed E-state index contributed by atoms with van der Waals surface area (Å²) < 4.78 is 0.630. The highest BCUT2D eigenvalue weighted by Crippen LogP contribution is 2.09. The van der Waals surface area contributed by atoms with Crippen molar-refractivity contribution in [3.63, 3.8) is 0 Å². The lowest BCUT2D eigenvalue weighted by atomic mass is 10.4. The molecule has 0 spiro atoms. The molecule has 14 heavy (non-hydrogen) atoms. The van der Waals surface area contributed by atoms with Gasteiger partial charge < -0.3 is 10.6 Å². The van der Waals surface area contributed by atoms with Crippen LogP contribution in [0, 0.1) is 3.95 Å². The van der Waals surface area contributed by atoms with E-state index < -0.39 is 0 Å². The molecule has 1 amide bonds. The van der Waals surface area contributed by atoms with Gasteiger partial charge in [-0.3, -0.25) is 9.89 Å². The highest BCUT2D eigenvalue weighted by Gasteiger charge is 2.00. The smallest absolute Gasteiger partial charge is 0.221 e. The van der Waals surface area contributed by atoms with Gasteiger partial charge in [0.25, 0.3) is 0 Å². The molecule has 0 bridgehead atoms. The fourth-order valence-corrected chi connectivity index (χ4v) is 1.69. The number of aromatic nitrogens is 2. The summed E-state index contributed by atoms with van der Waals surface area (Å²) in [7, 11) is 0. The Kier molecular flexibility index (Phi) is 4.54. The van der Waals surface area contributed by atoms with Gasteiger partial charge in [0.05, 0.1) is 0 Å². The highest BCUT2D eigenvalue weighted by molar-refractivity contribution is 7.73. The summed E-state index contributed by atoms with van der Waals surface area (Å²) in [5.41, 5.74) is 0. The molecule has 5 nitrogen and oxygen atoms in total. The van der Waals surface area contributed by atoms with Crippen LogP contribution in [0.25, 0.3) is 0 Å². The molecule has 0 radical (unpaired) electrons. The second kappa shape index (κ2) is 5.71. The molecule has 0 fully saturated rings. The van der Waals surface area contributed by atoms with Crippen LogP contribution in [0.2, 0.25) is 0 Å². The van der Waals surface area contributed by atoms with Crippen molar-refractivity contribution in [3.8, 4) is 0 Å². The van der Waals surface area contributed by atoms with Crippen molar-refractivity contribution in [1.29, 1.82) is 0 Å². The molecule has 7 heteroatoms. The number of nitrogens with zero attached hydrogens (tertiary/aromatic N) is 1. The van der Waals surface area contributed by atoms with Gasteiger partial charge in [-0.05, 0) is 19.1 Å². The quantitative estimate of drug-likeness (QED) is 0.666. The van der Waals surface area contributed by atoms with Gasteiger partial charge in [0.15, 0.2) is 3.95 Å². The van der Waals surface area contributed by atoms with E-state index >= 15 is 0 Å². The van der Waals surface area contributed by atoms with Gasteiger partial charge in [0.1, 0.15) is 0 Å². The predicted octanol–water partition coefficient (Wildman–Crippen LogP) is 1.14. The van der Waals surface area contributed by atoms with Gasteiger partial charge in [-0.25, -0.2) is 0 Å². The van der Waals surface area contributed by atoms with Gasteiger partial charge in [0, 0.05) is 19.5 Å². The van der Waals surface area contributed by atoms with Gasteiger partial charge in [0.2, 0.25) is 11.0 Å². The van der Waals surface area contributed by atoms with Crippen LogP contribution in [-0.4, -0.2) is 29.2 Å². The van der Waals surface area contributed by atoms with Crippen molar-refractivity contribution in [2.45, 2.75) is 13.3 Å². The number of H-pyrrole nitrogens is 1. The second-order valence-electron chi connectivity index (χ2n) is 2.55. The van der Waals surface area contributed by atoms with Crippen LogP contribution in [0.3, 0.4) is 0 Å². The third-order valence-electron chi connectivity index (χ3n) is 1.44. The van der Waals surface area contributed by atoms with Crippen LogP contribution >= 0.6 is 23.6 Å². The number of hydrogen-bond donors (Lipinski definition) is 3. The van der Waals surface area contributed by atoms with Crippen LogP contribution in [-0.2, 0) is 4.79 Å². The summed E-state index contributed by atoms with van der Waals surface area (Å²) in [6, 6.07) is 0. The normalized spacial score (nSPS) is 9.79. The van der Waals surface area contributed by atoms with Crippen molar-refractivity contribution >= 4 is 34.6 Å². The summed E-state index contributed by atoms with van der Waals surface area (Å²) in [5, 5.41) is 13.0. The van der Waals surface area contributed by atoms with Crippen LogP contribution in [0.1, 0.15) is 13.3 Å². The fourth-order valence-electron chi connectivity index (χ4n) is 0.874. The summed E-state index contributed by atoms with van der Waals surface area (Å²) in [6.07, 6.45) is 0.445. The molecule has 0 saturated carbocycles. The Morgan fingerprint density at radius 3 is 3.07 bits per heavy atom. The zero-order valence-corrected chi connectivity index (χ0v) is 9.43. The Bertz CT molecular complexity index is 345. The van der Waals surface area contributed by atoms with E-state index in [9.17, 15) is 4.79 Å². The summed E-state index contributed by atoms with van der Waals surface area (Å²) in [6.45, 7) is 3.13. The molecule has 0 unspecified atom stereocenters. The van der Waals surface area contributed by atoms with Crippen molar-refractivity contribution in [2.75, 3.05) is 18.4 Å². The van der Waals surface area contributed by atoms with Crippen molar-refractivity contribution in [2.24, 2.45) is 0 Å². The van der Waals surface area contributed by atoms with E-state index in [0.29, 0.717) is 23.5 Å². The third kappa shape index (κ3) is 3.84. The van der Waals surface area contributed by atoms with Crippen molar-refractivity contribution in [3.05, 3.63) is 3.95 Å². The number of amides is 1. The van der Waals surface area contributed by atoms with Crippen LogP contribution in [0.4, 0.5) is 5.13 Å². The first kappa shape index (κ1) is 11.1. The van der Waals surface area contributed by atoms with Crippen molar-refractivity contribution < 1.29 is 4.79 Å². The molecule has 78 valence electrons. The molecule has 0 aliphatic heterocycles. The maximum atomic E-state index is 11.0. The first-order valence-electron chi connectivity index (χ1n) is 4.28. The minimum Gasteiger partial charge on any atom is -0.360 e. The molecule has 0 aliphatic carbocycles. The first-order chi connectivity index (χ1) is 6.72. The zero-order valence-electron chi connectivity index (χ0n) is 7.79. The Hall–Kier alpha value is -0.950. The number of nitrogens with one attached hydrogen (secondary N) is 3. The standard InChI is InChI=1S/C7H12N4OS2/c1-2-8-5(12)3-4-9-6-10-11-7(13)14-6/h2-4H2,1H3,(H,8,12)(H,9,10)(H,11,13). The van der Waals surface area contributed by atoms with Gasteiger partial charge in [-0.1, -0.05) is 11.3 Å². The lowest BCUT2D eigenvalue weighted by Gasteiger charge is -2.01. The first-order valence-corrected chi connectivity index (χ1v) is 5.51. The average molecular weight is 232 g/mol. The lowest BCUT2D eigenvalue weighted by Crippen LogP contribution is -2.24. The summed E-state index contributed by atoms with van der Waals surface area (Å²) in [5.74, 6) is 0.0409. The van der Waals surface area contributed by atoms with E-state index in [4.69, 9.17) is 12.2 Å². The monoisotopic (exact) mass is 232 g/mol. The van der Waals surface area contributed by atoms with E-state index in [1.807, 2.05) is 6.92 Å². The molecule has 0 atom stereocenters. The lowest BCUT2D eigenvalue weighted by molar-refractivity contribution is -0.120. The minimum atomic E-state index is 0.0409. The number of carbonyl (C=O) groups is 1. The molecule has 0 saturated heterocycles. The Balaban J connectivity index is 2.22. The van der Waals surface area contributed by atoms with E-state index in [-0.39, 0.29) is 5.91 Å². The average Bonchev–Trinajstić information content (AvgIpc) is 2.52. The SMILES string of the molecule is CCNC(=O)CCNc1n[nH]c(=S)s1. The maximum Gasteiger partial charge on any atom is 0.221 e. The summed E-state index contributed by atoms with van der Waals surface area (Å²) >= 11 is 6.22. The van der Waals surface area contributed by atoms with E-state index in [1.54, 1.807) is 0 Å². The number of rotatable bonds is 5. The maximum absolute atomic E-state index is 11.0. The molecular formula is C7H12N4OS2. The van der Waals surface area contributed by atoms with Gasteiger partial charge >= 0.3 is 0 Å². The largest absolute Gasteiger partial charge is 0.360 e. The topological polar surface area (TPSA) is 69.8 Å². The predicted molar refractivity (Wildman–Crippen MR) is 59.1 cm³/mol. The molecule has 1 rings (SSSR count). The highest BCUT2D eigenvalue weighted by atomic mass is 32.1. The van der Waals surface area contributed by atoms with Gasteiger partial charge in [-0.2, -0.15) is 0 Å². The fraction of sp³-hybridized carbons (Fsp3) is 0.571. The van der Waals surface area contributed by atoms with Crippen LogP contribution in [0.15, 0.2) is 0 Å². The Labute approximate surface area is 90.9 Å². The number of anilines is 1. The molecule has 3 N–H and O–H groups in total. The molecule has 0 aliphatic rings. The second-order valence-corrected chi connectivity index (χ2v) is 4.21. The summed E-state index contributed by atoms with van der Waals surface area (Å²) in [4.78, 5) is 11.0. The Morgan fingerprint density at radius 1 is 1.71 bits per heavy atom. The third-order valence-corrected chi connectivity index (χ3v) is 2.49. The zero-order chi connectivity index (χ0) is 10.4. The minimum absolute atomic E-state index is 0.0409. The number of hydrogen-bond acceptors (Lipinski definition) is 5. The molecule has 1 heterocycles. The Morgan fingerprint density at radius 2 is 2.50 bits per heavy atom. The molecular weight excluding hydrogens is 220 g/mol. The van der Waals surface area contributed by atoms with E-state index in [0.717, 1.165) is 5.13 Å². The van der Waals surface area contributed by atoms with Gasteiger partial charge in [-0.15, -0.1) is 5.10 Å². The van der Waals surface area contributed by atoms with Crippen molar-refractivity contribution in [1.82, 2.24) is 15.5 Å². The molecule has 1 aromatic heterocycles. The molecule has 0 aromatic carbocycles.